The summed E-state index contributed by atoms with van der Waals surface area (Å²) >= 11 is 0. The van der Waals surface area contributed by atoms with E-state index in [1.165, 1.54) is 5.56 Å². The van der Waals surface area contributed by atoms with E-state index in [0.29, 0.717) is 6.54 Å². The first-order chi connectivity index (χ1) is 8.28. The molecule has 1 aliphatic heterocycles. The zero-order valence-electron chi connectivity index (χ0n) is 9.79. The van der Waals surface area contributed by atoms with Gasteiger partial charge in [0.15, 0.2) is 0 Å². The second-order valence-electron chi connectivity index (χ2n) is 4.28. The predicted molar refractivity (Wildman–Crippen MR) is 65.9 cm³/mol. The maximum atomic E-state index is 5.59. The molecule has 0 radical (unpaired) electrons. The molecule has 2 heterocycles. The fourth-order valence-electron chi connectivity index (χ4n) is 2.23. The van der Waals surface area contributed by atoms with Crippen molar-refractivity contribution in [1.82, 2.24) is 9.97 Å². The summed E-state index contributed by atoms with van der Waals surface area (Å²) in [6.45, 7) is 3.24. The van der Waals surface area contributed by atoms with E-state index in [4.69, 9.17) is 10.5 Å². The van der Waals surface area contributed by atoms with Crippen molar-refractivity contribution in [2.45, 2.75) is 19.9 Å². The molecule has 3 rings (SSSR count). The van der Waals surface area contributed by atoms with Gasteiger partial charge >= 0.3 is 0 Å². The number of aromatic amines is 1. The van der Waals surface area contributed by atoms with Crippen LogP contribution < -0.4 is 10.5 Å². The van der Waals surface area contributed by atoms with E-state index in [1.807, 2.05) is 19.1 Å². The fraction of sp³-hybridized carbons (Fsp3) is 0.308. The minimum Gasteiger partial charge on any atom is -0.493 e. The SMILES string of the molecule is Cc1[nH]c(CN)nc1-c1ccc2c(c1)CCO2. The molecule has 1 aromatic heterocycles. The van der Waals surface area contributed by atoms with Crippen LogP contribution >= 0.6 is 0 Å². The molecule has 88 valence electrons. The molecule has 2 aromatic rings. The lowest BCUT2D eigenvalue weighted by Gasteiger charge is -2.02. The number of imidazole rings is 1. The van der Waals surface area contributed by atoms with Crippen LogP contribution in [0.2, 0.25) is 0 Å². The van der Waals surface area contributed by atoms with Crippen LogP contribution in [-0.4, -0.2) is 16.6 Å². The van der Waals surface area contributed by atoms with E-state index >= 15 is 0 Å². The first-order valence-electron chi connectivity index (χ1n) is 5.79. The van der Waals surface area contributed by atoms with E-state index < -0.39 is 0 Å². The van der Waals surface area contributed by atoms with Crippen molar-refractivity contribution in [3.8, 4) is 17.0 Å². The third-order valence-electron chi connectivity index (χ3n) is 3.09. The highest BCUT2D eigenvalue weighted by atomic mass is 16.5. The van der Waals surface area contributed by atoms with Gasteiger partial charge in [0.2, 0.25) is 0 Å². The molecule has 0 spiro atoms. The lowest BCUT2D eigenvalue weighted by atomic mass is 10.1. The van der Waals surface area contributed by atoms with E-state index in [0.717, 1.165) is 41.6 Å². The molecule has 0 unspecified atom stereocenters. The molecule has 0 amide bonds. The maximum absolute atomic E-state index is 5.59. The van der Waals surface area contributed by atoms with Gasteiger partial charge in [0, 0.05) is 17.7 Å². The summed E-state index contributed by atoms with van der Waals surface area (Å²) in [6, 6.07) is 6.23. The Bertz CT molecular complexity index is 560. The summed E-state index contributed by atoms with van der Waals surface area (Å²) in [6.07, 6.45) is 0.983. The molecule has 0 saturated carbocycles. The summed E-state index contributed by atoms with van der Waals surface area (Å²) in [7, 11) is 0. The molecule has 1 aromatic carbocycles. The van der Waals surface area contributed by atoms with Crippen LogP contribution in [0.25, 0.3) is 11.3 Å². The van der Waals surface area contributed by atoms with Gasteiger partial charge in [-0.1, -0.05) is 0 Å². The predicted octanol–water partition coefficient (Wildman–Crippen LogP) is 1.78. The summed E-state index contributed by atoms with van der Waals surface area (Å²) in [5, 5.41) is 0. The smallest absolute Gasteiger partial charge is 0.122 e. The molecule has 17 heavy (non-hydrogen) atoms. The number of hydrogen-bond donors (Lipinski definition) is 2. The summed E-state index contributed by atoms with van der Waals surface area (Å²) in [5.41, 5.74) is 10.0. The van der Waals surface area contributed by atoms with Crippen molar-refractivity contribution in [1.29, 1.82) is 0 Å². The van der Waals surface area contributed by atoms with Gasteiger partial charge in [-0.3, -0.25) is 0 Å². The van der Waals surface area contributed by atoms with Crippen LogP contribution in [0.4, 0.5) is 0 Å². The number of fused-ring (bicyclic) bond motifs is 1. The van der Waals surface area contributed by atoms with Gasteiger partial charge in [-0.15, -0.1) is 0 Å². The molecular formula is C13H15N3O. The number of nitrogens with one attached hydrogen (secondary N) is 1. The average Bonchev–Trinajstić information content (AvgIpc) is 2.93. The Hall–Kier alpha value is -1.81. The Morgan fingerprint density at radius 3 is 3.12 bits per heavy atom. The number of hydrogen-bond acceptors (Lipinski definition) is 3. The number of H-pyrrole nitrogens is 1. The summed E-state index contributed by atoms with van der Waals surface area (Å²) < 4.78 is 5.50. The highest BCUT2D eigenvalue weighted by Gasteiger charge is 2.15. The summed E-state index contributed by atoms with van der Waals surface area (Å²) in [5.74, 6) is 1.83. The average molecular weight is 229 g/mol. The van der Waals surface area contributed by atoms with Gasteiger partial charge in [0.25, 0.3) is 0 Å². The van der Waals surface area contributed by atoms with Crippen molar-refractivity contribution in [3.05, 3.63) is 35.3 Å². The Morgan fingerprint density at radius 2 is 2.35 bits per heavy atom. The molecule has 0 aliphatic carbocycles. The topological polar surface area (TPSA) is 63.9 Å². The summed E-state index contributed by atoms with van der Waals surface area (Å²) in [4.78, 5) is 7.70. The molecule has 3 N–H and O–H groups in total. The second kappa shape index (κ2) is 3.89. The van der Waals surface area contributed by atoms with Crippen LogP contribution in [0.1, 0.15) is 17.1 Å². The van der Waals surface area contributed by atoms with Gasteiger partial charge in [-0.05, 0) is 30.7 Å². The molecule has 0 bridgehead atoms. The van der Waals surface area contributed by atoms with Crippen molar-refractivity contribution < 1.29 is 4.74 Å². The molecule has 4 nitrogen and oxygen atoms in total. The number of ether oxygens (including phenoxy) is 1. The minimum absolute atomic E-state index is 0.439. The van der Waals surface area contributed by atoms with E-state index in [9.17, 15) is 0 Å². The van der Waals surface area contributed by atoms with E-state index in [2.05, 4.69) is 16.0 Å². The van der Waals surface area contributed by atoms with Crippen molar-refractivity contribution in [3.63, 3.8) is 0 Å². The molecule has 0 saturated heterocycles. The Balaban J connectivity index is 2.06. The number of aromatic nitrogens is 2. The van der Waals surface area contributed by atoms with Gasteiger partial charge in [-0.2, -0.15) is 0 Å². The Kier molecular flexibility index (Phi) is 2.37. The molecule has 0 atom stereocenters. The quantitative estimate of drug-likeness (QED) is 0.825. The minimum atomic E-state index is 0.439. The van der Waals surface area contributed by atoms with Crippen LogP contribution in [0.3, 0.4) is 0 Å². The van der Waals surface area contributed by atoms with E-state index in [1.54, 1.807) is 0 Å². The van der Waals surface area contributed by atoms with Crippen LogP contribution in [0.5, 0.6) is 5.75 Å². The number of nitrogens with two attached hydrogens (primary N) is 1. The normalized spacial score (nSPS) is 13.5. The Morgan fingerprint density at radius 1 is 1.47 bits per heavy atom. The lowest BCUT2D eigenvalue weighted by molar-refractivity contribution is 0.357. The zero-order valence-corrected chi connectivity index (χ0v) is 9.79. The van der Waals surface area contributed by atoms with Crippen LogP contribution in [0.15, 0.2) is 18.2 Å². The van der Waals surface area contributed by atoms with Crippen LogP contribution in [0, 0.1) is 6.92 Å². The van der Waals surface area contributed by atoms with Gasteiger partial charge < -0.3 is 15.5 Å². The second-order valence-corrected chi connectivity index (χ2v) is 4.28. The van der Waals surface area contributed by atoms with Gasteiger partial charge in [0.05, 0.1) is 18.8 Å². The highest BCUT2D eigenvalue weighted by Crippen LogP contribution is 2.30. The third kappa shape index (κ3) is 1.70. The van der Waals surface area contributed by atoms with Crippen molar-refractivity contribution in [2.75, 3.05) is 6.61 Å². The highest BCUT2D eigenvalue weighted by molar-refractivity contribution is 5.65. The number of aryl methyl sites for hydroxylation is 1. The lowest BCUT2D eigenvalue weighted by Crippen LogP contribution is -1.97. The third-order valence-corrected chi connectivity index (χ3v) is 3.09. The maximum Gasteiger partial charge on any atom is 0.122 e. The monoisotopic (exact) mass is 229 g/mol. The Labute approximate surface area is 99.8 Å². The zero-order chi connectivity index (χ0) is 11.8. The molecule has 1 aliphatic rings. The van der Waals surface area contributed by atoms with E-state index in [-0.39, 0.29) is 0 Å². The fourth-order valence-corrected chi connectivity index (χ4v) is 2.23. The van der Waals surface area contributed by atoms with Crippen molar-refractivity contribution in [2.24, 2.45) is 5.73 Å². The first kappa shape index (κ1) is 10.4. The first-order valence-corrected chi connectivity index (χ1v) is 5.79. The molecule has 4 heteroatoms. The van der Waals surface area contributed by atoms with Gasteiger partial charge in [-0.25, -0.2) is 4.98 Å². The van der Waals surface area contributed by atoms with Crippen molar-refractivity contribution >= 4 is 0 Å². The standard InChI is InChI=1S/C13H15N3O/c1-8-13(16-12(7-14)15-8)10-2-3-11-9(6-10)4-5-17-11/h2-3,6H,4-5,7,14H2,1H3,(H,15,16). The number of nitrogens with zero attached hydrogens (tertiary/aromatic N) is 1. The van der Waals surface area contributed by atoms with Crippen LogP contribution in [-0.2, 0) is 13.0 Å². The number of benzene rings is 1. The largest absolute Gasteiger partial charge is 0.493 e. The number of rotatable bonds is 2. The molecular weight excluding hydrogens is 214 g/mol. The van der Waals surface area contributed by atoms with Gasteiger partial charge in [0.1, 0.15) is 11.6 Å². The molecule has 0 fully saturated rings.